The summed E-state index contributed by atoms with van der Waals surface area (Å²) in [6.07, 6.45) is 2.33. The van der Waals surface area contributed by atoms with Gasteiger partial charge in [-0.25, -0.2) is 0 Å². The molecule has 0 radical (unpaired) electrons. The van der Waals surface area contributed by atoms with E-state index in [-0.39, 0.29) is 0 Å². The number of aliphatic carboxylic acids is 1. The second kappa shape index (κ2) is 6.34. The van der Waals surface area contributed by atoms with Gasteiger partial charge in [-0.3, -0.25) is 9.69 Å². The third-order valence-corrected chi connectivity index (χ3v) is 4.02. The van der Waals surface area contributed by atoms with E-state index >= 15 is 0 Å². The van der Waals surface area contributed by atoms with Crippen molar-refractivity contribution < 1.29 is 9.90 Å². The first-order chi connectivity index (χ1) is 8.63. The highest BCUT2D eigenvalue weighted by atomic mass is 79.9. The van der Waals surface area contributed by atoms with E-state index in [9.17, 15) is 4.79 Å². The Bertz CT molecular complexity index is 397. The summed E-state index contributed by atoms with van der Waals surface area (Å²) in [5.41, 5.74) is 1.31. The number of hydrogen-bond acceptors (Lipinski definition) is 2. The lowest BCUT2D eigenvalue weighted by Crippen LogP contribution is -2.33. The first-order valence-corrected chi connectivity index (χ1v) is 7.11. The summed E-state index contributed by atoms with van der Waals surface area (Å²) in [5.74, 6) is -0.301. The molecule has 2 rings (SSSR count). The van der Waals surface area contributed by atoms with Gasteiger partial charge in [0.1, 0.15) is 0 Å². The first-order valence-electron chi connectivity index (χ1n) is 6.32. The van der Waals surface area contributed by atoms with Crippen molar-refractivity contribution in [2.24, 2.45) is 5.92 Å². The Labute approximate surface area is 116 Å². The van der Waals surface area contributed by atoms with Crippen LogP contribution in [0.25, 0.3) is 0 Å². The van der Waals surface area contributed by atoms with Crippen LogP contribution in [-0.2, 0) is 11.3 Å². The number of rotatable bonds is 4. The molecule has 1 aliphatic rings. The van der Waals surface area contributed by atoms with E-state index in [2.05, 4.69) is 45.1 Å². The van der Waals surface area contributed by atoms with Crippen molar-refractivity contribution in [1.82, 2.24) is 4.90 Å². The van der Waals surface area contributed by atoms with E-state index < -0.39 is 5.97 Å². The molecule has 0 spiro atoms. The smallest absolute Gasteiger partial charge is 0.303 e. The summed E-state index contributed by atoms with van der Waals surface area (Å²) < 4.78 is 1.10. The molecule has 18 heavy (non-hydrogen) atoms. The van der Waals surface area contributed by atoms with Crippen LogP contribution in [0, 0.1) is 5.92 Å². The van der Waals surface area contributed by atoms with Crippen LogP contribution < -0.4 is 0 Å². The maximum atomic E-state index is 10.7. The minimum atomic E-state index is -0.665. The van der Waals surface area contributed by atoms with Crippen molar-refractivity contribution in [3.63, 3.8) is 0 Å². The molecule has 1 saturated heterocycles. The van der Waals surface area contributed by atoms with Gasteiger partial charge in [0, 0.05) is 17.4 Å². The molecule has 0 saturated carbocycles. The van der Waals surface area contributed by atoms with E-state index in [4.69, 9.17) is 5.11 Å². The highest BCUT2D eigenvalue weighted by Gasteiger charge is 2.21. The molecule has 98 valence electrons. The van der Waals surface area contributed by atoms with Crippen molar-refractivity contribution in [2.75, 3.05) is 13.1 Å². The van der Waals surface area contributed by atoms with Gasteiger partial charge in [0.05, 0.1) is 0 Å². The Morgan fingerprint density at radius 1 is 1.28 bits per heavy atom. The molecule has 1 fully saturated rings. The summed E-state index contributed by atoms with van der Waals surface area (Å²) in [6.45, 7) is 2.98. The monoisotopic (exact) mass is 311 g/mol. The Hall–Kier alpha value is -0.870. The number of carbonyl (C=O) groups is 1. The Morgan fingerprint density at radius 2 is 1.89 bits per heavy atom. The Morgan fingerprint density at radius 3 is 2.44 bits per heavy atom. The summed E-state index contributed by atoms with van der Waals surface area (Å²) in [7, 11) is 0. The lowest BCUT2D eigenvalue weighted by Gasteiger charge is -2.31. The van der Waals surface area contributed by atoms with Crippen molar-refractivity contribution >= 4 is 21.9 Å². The topological polar surface area (TPSA) is 40.5 Å². The highest BCUT2D eigenvalue weighted by Crippen LogP contribution is 2.22. The van der Waals surface area contributed by atoms with Crippen molar-refractivity contribution in [2.45, 2.75) is 25.8 Å². The largest absolute Gasteiger partial charge is 0.481 e. The van der Waals surface area contributed by atoms with Gasteiger partial charge in [-0.2, -0.15) is 0 Å². The molecule has 0 unspecified atom stereocenters. The molecular weight excluding hydrogens is 294 g/mol. The van der Waals surface area contributed by atoms with Crippen molar-refractivity contribution in [3.05, 3.63) is 34.3 Å². The average Bonchev–Trinajstić information content (AvgIpc) is 2.34. The maximum absolute atomic E-state index is 10.7. The van der Waals surface area contributed by atoms with E-state index in [1.807, 2.05) is 0 Å². The molecule has 0 bridgehead atoms. The van der Waals surface area contributed by atoms with E-state index in [0.29, 0.717) is 12.3 Å². The average molecular weight is 312 g/mol. The molecule has 0 aromatic heterocycles. The van der Waals surface area contributed by atoms with Gasteiger partial charge in [-0.1, -0.05) is 28.1 Å². The minimum Gasteiger partial charge on any atom is -0.481 e. The molecule has 0 atom stereocenters. The zero-order chi connectivity index (χ0) is 13.0. The number of hydrogen-bond donors (Lipinski definition) is 1. The van der Waals surface area contributed by atoms with Gasteiger partial charge in [-0.05, 0) is 49.5 Å². The van der Waals surface area contributed by atoms with Crippen molar-refractivity contribution in [3.8, 4) is 0 Å². The van der Waals surface area contributed by atoms with Gasteiger partial charge in [0.25, 0.3) is 0 Å². The fourth-order valence-corrected chi connectivity index (χ4v) is 2.71. The SMILES string of the molecule is O=C(O)CC1CCN(Cc2ccc(Br)cc2)CC1. The van der Waals surface area contributed by atoms with Crippen LogP contribution in [0.2, 0.25) is 0 Å². The van der Waals surface area contributed by atoms with Crippen LogP contribution in [-0.4, -0.2) is 29.1 Å². The Balaban J connectivity index is 1.79. The van der Waals surface area contributed by atoms with Crippen LogP contribution >= 0.6 is 15.9 Å². The fourth-order valence-electron chi connectivity index (χ4n) is 2.44. The van der Waals surface area contributed by atoms with Crippen LogP contribution in [0.15, 0.2) is 28.7 Å². The third-order valence-electron chi connectivity index (χ3n) is 3.49. The first kappa shape index (κ1) is 13.6. The summed E-state index contributed by atoms with van der Waals surface area (Å²) >= 11 is 3.43. The Kier molecular flexibility index (Phi) is 4.78. The molecule has 1 aromatic rings. The standard InChI is InChI=1S/C14H18BrNO2/c15-13-3-1-12(2-4-13)10-16-7-5-11(6-8-16)9-14(17)18/h1-4,11H,5-10H2,(H,17,18). The van der Waals surface area contributed by atoms with E-state index in [1.54, 1.807) is 0 Å². The van der Waals surface area contributed by atoms with Crippen LogP contribution in [0.5, 0.6) is 0 Å². The number of carboxylic acid groups (broad SMARTS) is 1. The summed E-state index contributed by atoms with van der Waals surface area (Å²) in [5, 5.41) is 8.77. The number of likely N-dealkylation sites (tertiary alicyclic amines) is 1. The number of carboxylic acids is 1. The molecule has 0 amide bonds. The van der Waals surface area contributed by atoms with Crippen LogP contribution in [0.1, 0.15) is 24.8 Å². The predicted molar refractivity (Wildman–Crippen MR) is 74.4 cm³/mol. The highest BCUT2D eigenvalue weighted by molar-refractivity contribution is 9.10. The van der Waals surface area contributed by atoms with Crippen LogP contribution in [0.3, 0.4) is 0 Å². The molecule has 3 nitrogen and oxygen atoms in total. The predicted octanol–water partition coefficient (Wildman–Crippen LogP) is 3.14. The molecule has 1 heterocycles. The van der Waals surface area contributed by atoms with Gasteiger partial charge >= 0.3 is 5.97 Å². The van der Waals surface area contributed by atoms with Gasteiger partial charge < -0.3 is 5.11 Å². The van der Waals surface area contributed by atoms with E-state index in [1.165, 1.54) is 5.56 Å². The van der Waals surface area contributed by atoms with Gasteiger partial charge in [0.2, 0.25) is 0 Å². The van der Waals surface area contributed by atoms with Gasteiger partial charge in [0.15, 0.2) is 0 Å². The third kappa shape index (κ3) is 4.10. The van der Waals surface area contributed by atoms with Gasteiger partial charge in [-0.15, -0.1) is 0 Å². The quantitative estimate of drug-likeness (QED) is 0.928. The lowest BCUT2D eigenvalue weighted by atomic mass is 9.93. The molecule has 1 N–H and O–H groups in total. The molecular formula is C14H18BrNO2. The zero-order valence-corrected chi connectivity index (χ0v) is 11.9. The molecule has 1 aromatic carbocycles. The second-order valence-corrected chi connectivity index (χ2v) is 5.86. The number of halogens is 1. The fraction of sp³-hybridized carbons (Fsp3) is 0.500. The number of piperidine rings is 1. The number of nitrogens with zero attached hydrogens (tertiary/aromatic N) is 1. The zero-order valence-electron chi connectivity index (χ0n) is 10.3. The number of benzene rings is 1. The minimum absolute atomic E-state index is 0.326. The molecule has 0 aliphatic carbocycles. The summed E-state index contributed by atoms with van der Waals surface area (Å²) in [6, 6.07) is 8.39. The molecule has 4 heteroatoms. The van der Waals surface area contributed by atoms with Crippen LogP contribution in [0.4, 0.5) is 0 Å². The lowest BCUT2D eigenvalue weighted by molar-refractivity contribution is -0.138. The second-order valence-electron chi connectivity index (χ2n) is 4.94. The normalized spacial score (nSPS) is 17.8. The van der Waals surface area contributed by atoms with E-state index in [0.717, 1.165) is 36.9 Å². The summed E-state index contributed by atoms with van der Waals surface area (Å²) in [4.78, 5) is 13.1. The maximum Gasteiger partial charge on any atom is 0.303 e. The molecule has 1 aliphatic heterocycles. The van der Waals surface area contributed by atoms with Crippen molar-refractivity contribution in [1.29, 1.82) is 0 Å².